The summed E-state index contributed by atoms with van der Waals surface area (Å²) in [6, 6.07) is 7.75. The Morgan fingerprint density at radius 1 is 1.43 bits per heavy atom. The van der Waals surface area contributed by atoms with Crippen LogP contribution in [0.4, 0.5) is 5.69 Å². The summed E-state index contributed by atoms with van der Waals surface area (Å²) >= 11 is 0. The van der Waals surface area contributed by atoms with Crippen molar-refractivity contribution in [2.45, 2.75) is 38.6 Å². The summed E-state index contributed by atoms with van der Waals surface area (Å²) in [4.78, 5) is 24.9. The van der Waals surface area contributed by atoms with Crippen molar-refractivity contribution in [3.8, 4) is 0 Å². The number of nitrogens with zero attached hydrogens (tertiary/aromatic N) is 1. The average Bonchev–Trinajstić information content (AvgIpc) is 2.82. The summed E-state index contributed by atoms with van der Waals surface area (Å²) in [5.74, 6) is -0.684. The Balaban J connectivity index is 2.02. The molecule has 0 spiro atoms. The molecule has 0 fully saturated rings. The second-order valence-corrected chi connectivity index (χ2v) is 5.50. The lowest BCUT2D eigenvalue weighted by molar-refractivity contribution is -0.140. The number of carbonyl (C=O) groups excluding carboxylic acids is 1. The van der Waals surface area contributed by atoms with Crippen LogP contribution in [0.15, 0.2) is 24.3 Å². The third-order valence-electron chi connectivity index (χ3n) is 4.02. The molecule has 1 aromatic carbocycles. The van der Waals surface area contributed by atoms with Crippen LogP contribution < -0.4 is 5.32 Å². The van der Waals surface area contributed by atoms with E-state index in [1.165, 1.54) is 5.56 Å². The average molecular weight is 290 g/mol. The Morgan fingerprint density at radius 3 is 2.81 bits per heavy atom. The molecule has 1 heterocycles. The van der Waals surface area contributed by atoms with Gasteiger partial charge in [0.2, 0.25) is 5.91 Å². The number of carboxylic acid groups (broad SMARTS) is 1. The van der Waals surface area contributed by atoms with Crippen molar-refractivity contribution in [1.29, 1.82) is 0 Å². The Morgan fingerprint density at radius 2 is 2.14 bits per heavy atom. The number of anilines is 1. The molecule has 2 N–H and O–H groups in total. The number of para-hydroxylation sites is 1. The maximum atomic E-state index is 12.5. The molecule has 1 aliphatic heterocycles. The van der Waals surface area contributed by atoms with E-state index >= 15 is 0 Å². The van der Waals surface area contributed by atoms with Gasteiger partial charge in [-0.05, 0) is 25.5 Å². The minimum absolute atomic E-state index is 0.0148. The Bertz CT molecular complexity index is 530. The molecule has 0 saturated heterocycles. The topological polar surface area (TPSA) is 69.6 Å². The SMILES string of the molecule is CCN(C(=O)CC1CNc2ccccc21)C(C)CC(=O)O. The number of carboxylic acids is 1. The van der Waals surface area contributed by atoms with Crippen molar-refractivity contribution >= 4 is 17.6 Å². The lowest BCUT2D eigenvalue weighted by Crippen LogP contribution is -2.40. The number of carbonyl (C=O) groups is 2. The number of aliphatic carboxylic acids is 1. The van der Waals surface area contributed by atoms with Crippen LogP contribution in [0.1, 0.15) is 38.2 Å². The fraction of sp³-hybridized carbons (Fsp3) is 0.500. The number of rotatable bonds is 6. The molecule has 5 heteroatoms. The highest BCUT2D eigenvalue weighted by atomic mass is 16.4. The van der Waals surface area contributed by atoms with E-state index in [4.69, 9.17) is 5.11 Å². The molecular weight excluding hydrogens is 268 g/mol. The van der Waals surface area contributed by atoms with Crippen molar-refractivity contribution < 1.29 is 14.7 Å². The van der Waals surface area contributed by atoms with E-state index in [1.54, 1.807) is 11.8 Å². The Labute approximate surface area is 125 Å². The summed E-state index contributed by atoms with van der Waals surface area (Å²) in [6.07, 6.45) is 0.404. The Kier molecular flexibility index (Phi) is 4.83. The number of hydrogen-bond donors (Lipinski definition) is 2. The van der Waals surface area contributed by atoms with Gasteiger partial charge in [-0.1, -0.05) is 18.2 Å². The van der Waals surface area contributed by atoms with Gasteiger partial charge in [0.05, 0.1) is 6.42 Å². The summed E-state index contributed by atoms with van der Waals surface area (Å²) in [5, 5.41) is 12.2. The molecule has 2 atom stereocenters. The van der Waals surface area contributed by atoms with Gasteiger partial charge in [0.25, 0.3) is 0 Å². The third kappa shape index (κ3) is 3.54. The number of nitrogens with one attached hydrogen (secondary N) is 1. The van der Waals surface area contributed by atoms with E-state index in [0.717, 1.165) is 12.2 Å². The van der Waals surface area contributed by atoms with E-state index in [2.05, 4.69) is 5.32 Å². The Hall–Kier alpha value is -2.04. The minimum Gasteiger partial charge on any atom is -0.481 e. The van der Waals surface area contributed by atoms with Crippen LogP contribution in [0.5, 0.6) is 0 Å². The highest BCUT2D eigenvalue weighted by Gasteiger charge is 2.28. The predicted molar refractivity (Wildman–Crippen MR) is 81.4 cm³/mol. The molecule has 0 aliphatic carbocycles. The first-order chi connectivity index (χ1) is 10.0. The lowest BCUT2D eigenvalue weighted by Gasteiger charge is -2.28. The summed E-state index contributed by atoms with van der Waals surface area (Å²) in [6.45, 7) is 4.97. The molecule has 0 saturated carbocycles. The van der Waals surface area contributed by atoms with E-state index < -0.39 is 5.97 Å². The van der Waals surface area contributed by atoms with E-state index in [9.17, 15) is 9.59 Å². The van der Waals surface area contributed by atoms with Crippen LogP contribution in [-0.2, 0) is 9.59 Å². The van der Waals surface area contributed by atoms with Crippen LogP contribution in [0.25, 0.3) is 0 Å². The molecule has 2 unspecified atom stereocenters. The zero-order valence-corrected chi connectivity index (χ0v) is 12.5. The first-order valence-corrected chi connectivity index (χ1v) is 7.37. The number of benzene rings is 1. The normalized spacial score (nSPS) is 17.7. The van der Waals surface area contributed by atoms with Crippen LogP contribution >= 0.6 is 0 Å². The smallest absolute Gasteiger partial charge is 0.305 e. The molecular formula is C16H22N2O3. The zero-order chi connectivity index (χ0) is 15.4. The van der Waals surface area contributed by atoms with Crippen LogP contribution in [0.3, 0.4) is 0 Å². The second-order valence-electron chi connectivity index (χ2n) is 5.50. The molecule has 1 aliphatic rings. The first kappa shape index (κ1) is 15.4. The molecule has 1 amide bonds. The second kappa shape index (κ2) is 6.61. The van der Waals surface area contributed by atoms with Gasteiger partial charge < -0.3 is 15.3 Å². The number of fused-ring (bicyclic) bond motifs is 1. The van der Waals surface area contributed by atoms with Gasteiger partial charge in [0.1, 0.15) is 0 Å². The van der Waals surface area contributed by atoms with Crippen molar-refractivity contribution in [1.82, 2.24) is 4.90 Å². The molecule has 0 bridgehead atoms. The van der Waals surface area contributed by atoms with Gasteiger partial charge in [-0.3, -0.25) is 9.59 Å². The minimum atomic E-state index is -0.873. The molecule has 2 rings (SSSR count). The molecule has 1 aromatic rings. The van der Waals surface area contributed by atoms with Crippen molar-refractivity contribution in [3.05, 3.63) is 29.8 Å². The van der Waals surface area contributed by atoms with E-state index in [1.807, 2.05) is 31.2 Å². The van der Waals surface area contributed by atoms with Crippen LogP contribution in [0.2, 0.25) is 0 Å². The van der Waals surface area contributed by atoms with Crippen molar-refractivity contribution in [3.63, 3.8) is 0 Å². The molecule has 5 nitrogen and oxygen atoms in total. The van der Waals surface area contributed by atoms with Gasteiger partial charge >= 0.3 is 5.97 Å². The van der Waals surface area contributed by atoms with Crippen molar-refractivity contribution in [2.24, 2.45) is 0 Å². The molecule has 0 radical (unpaired) electrons. The number of amides is 1. The predicted octanol–water partition coefficient (Wildman–Crippen LogP) is 2.30. The lowest BCUT2D eigenvalue weighted by atomic mass is 9.97. The first-order valence-electron chi connectivity index (χ1n) is 7.37. The number of hydrogen-bond acceptors (Lipinski definition) is 3. The van der Waals surface area contributed by atoms with Crippen LogP contribution in [-0.4, -0.2) is 41.0 Å². The maximum absolute atomic E-state index is 12.5. The summed E-state index contributed by atoms with van der Waals surface area (Å²) in [7, 11) is 0. The highest BCUT2D eigenvalue weighted by Crippen LogP contribution is 2.33. The fourth-order valence-electron chi connectivity index (χ4n) is 2.96. The van der Waals surface area contributed by atoms with Gasteiger partial charge in [0, 0.05) is 37.2 Å². The van der Waals surface area contributed by atoms with Gasteiger partial charge in [0.15, 0.2) is 0 Å². The highest BCUT2D eigenvalue weighted by molar-refractivity contribution is 5.79. The van der Waals surface area contributed by atoms with E-state index in [-0.39, 0.29) is 24.3 Å². The molecule has 114 valence electrons. The third-order valence-corrected chi connectivity index (χ3v) is 4.02. The fourth-order valence-corrected chi connectivity index (χ4v) is 2.96. The quantitative estimate of drug-likeness (QED) is 0.843. The summed E-state index contributed by atoms with van der Waals surface area (Å²) in [5.41, 5.74) is 2.27. The van der Waals surface area contributed by atoms with Gasteiger partial charge in [-0.15, -0.1) is 0 Å². The molecule has 21 heavy (non-hydrogen) atoms. The largest absolute Gasteiger partial charge is 0.481 e. The standard InChI is InChI=1S/C16H22N2O3/c1-3-18(11(2)8-16(20)21)15(19)9-12-10-17-14-7-5-4-6-13(12)14/h4-7,11-12,17H,3,8-10H2,1-2H3,(H,20,21). The van der Waals surface area contributed by atoms with E-state index in [0.29, 0.717) is 13.0 Å². The van der Waals surface area contributed by atoms with Gasteiger partial charge in [-0.25, -0.2) is 0 Å². The maximum Gasteiger partial charge on any atom is 0.305 e. The monoisotopic (exact) mass is 290 g/mol. The summed E-state index contributed by atoms with van der Waals surface area (Å²) < 4.78 is 0. The van der Waals surface area contributed by atoms with Crippen molar-refractivity contribution in [2.75, 3.05) is 18.4 Å². The van der Waals surface area contributed by atoms with Crippen LogP contribution in [0, 0.1) is 0 Å². The molecule has 0 aromatic heterocycles. The van der Waals surface area contributed by atoms with Gasteiger partial charge in [-0.2, -0.15) is 0 Å². The zero-order valence-electron chi connectivity index (χ0n) is 12.5.